The maximum Gasteiger partial charge on any atom is 0.245 e. The van der Waals surface area contributed by atoms with Gasteiger partial charge in [0.05, 0.1) is 0 Å². The predicted octanol–water partition coefficient (Wildman–Crippen LogP) is 0.639. The third-order valence-electron chi connectivity index (χ3n) is 4.53. The molecular formula is C17H24N4O2. The van der Waals surface area contributed by atoms with Gasteiger partial charge in [-0.05, 0) is 30.0 Å². The van der Waals surface area contributed by atoms with Gasteiger partial charge in [0.2, 0.25) is 11.8 Å². The van der Waals surface area contributed by atoms with E-state index in [1.807, 2.05) is 12.1 Å². The molecule has 0 radical (unpaired) electrons. The number of aromatic nitrogens is 1. The van der Waals surface area contributed by atoms with Crippen LogP contribution in [-0.2, 0) is 16.1 Å². The van der Waals surface area contributed by atoms with E-state index in [9.17, 15) is 9.59 Å². The van der Waals surface area contributed by atoms with Crippen molar-refractivity contribution in [1.29, 1.82) is 0 Å². The largest absolute Gasteiger partial charge is 0.342 e. The van der Waals surface area contributed by atoms with E-state index in [1.165, 1.54) is 5.56 Å². The first kappa shape index (κ1) is 15.9. The Balaban J connectivity index is 1.65. The Labute approximate surface area is 136 Å². The molecule has 1 aromatic rings. The van der Waals surface area contributed by atoms with Crippen LogP contribution in [0.25, 0.3) is 0 Å². The maximum atomic E-state index is 12.6. The van der Waals surface area contributed by atoms with Gasteiger partial charge in [-0.1, -0.05) is 13.8 Å². The van der Waals surface area contributed by atoms with Gasteiger partial charge in [-0.25, -0.2) is 0 Å². The highest BCUT2D eigenvalue weighted by Gasteiger charge is 2.43. The summed E-state index contributed by atoms with van der Waals surface area (Å²) in [6.45, 7) is 6.93. The molecule has 0 aromatic carbocycles. The first-order valence-electron chi connectivity index (χ1n) is 8.26. The van der Waals surface area contributed by atoms with E-state index in [-0.39, 0.29) is 23.9 Å². The molecule has 2 amide bonds. The summed E-state index contributed by atoms with van der Waals surface area (Å²) in [6.07, 6.45) is 4.26. The lowest BCUT2D eigenvalue weighted by molar-refractivity contribution is -0.153. The summed E-state index contributed by atoms with van der Waals surface area (Å²) >= 11 is 0. The number of amides is 2. The van der Waals surface area contributed by atoms with Crippen molar-refractivity contribution in [3.05, 3.63) is 30.1 Å². The van der Waals surface area contributed by atoms with Crippen LogP contribution in [0.2, 0.25) is 0 Å². The number of carbonyl (C=O) groups is 2. The molecule has 6 heteroatoms. The van der Waals surface area contributed by atoms with Gasteiger partial charge in [-0.3, -0.25) is 19.5 Å². The Morgan fingerprint density at radius 2 is 2.00 bits per heavy atom. The quantitative estimate of drug-likeness (QED) is 0.885. The van der Waals surface area contributed by atoms with E-state index in [4.69, 9.17) is 0 Å². The summed E-state index contributed by atoms with van der Waals surface area (Å²) in [5.41, 5.74) is 1.17. The van der Waals surface area contributed by atoms with E-state index >= 15 is 0 Å². The topological polar surface area (TPSA) is 65.5 Å². The van der Waals surface area contributed by atoms with Crippen LogP contribution in [0.1, 0.15) is 25.8 Å². The summed E-state index contributed by atoms with van der Waals surface area (Å²) < 4.78 is 0. The molecule has 2 fully saturated rings. The first-order valence-corrected chi connectivity index (χ1v) is 8.26. The second-order valence-electron chi connectivity index (χ2n) is 6.83. The van der Waals surface area contributed by atoms with Gasteiger partial charge in [0.1, 0.15) is 12.1 Å². The molecule has 124 valence electrons. The number of fused-ring (bicyclic) bond motifs is 1. The highest BCUT2D eigenvalue weighted by Crippen LogP contribution is 2.20. The number of rotatable bonds is 4. The van der Waals surface area contributed by atoms with Gasteiger partial charge in [0, 0.05) is 38.6 Å². The average Bonchev–Trinajstić information content (AvgIpc) is 2.53. The van der Waals surface area contributed by atoms with Crippen molar-refractivity contribution in [3.63, 3.8) is 0 Å². The lowest BCUT2D eigenvalue weighted by Crippen LogP contribution is -2.69. The SMILES string of the molecule is CC(C)C[C@H]1NC(=O)[C@H]2CN(Cc3ccncc3)CCN2C1=O. The van der Waals surface area contributed by atoms with Gasteiger partial charge < -0.3 is 10.2 Å². The van der Waals surface area contributed by atoms with Crippen LogP contribution in [-0.4, -0.2) is 58.3 Å². The minimum atomic E-state index is -0.360. The van der Waals surface area contributed by atoms with Gasteiger partial charge in [-0.2, -0.15) is 0 Å². The zero-order valence-electron chi connectivity index (χ0n) is 13.7. The van der Waals surface area contributed by atoms with Gasteiger partial charge >= 0.3 is 0 Å². The molecule has 2 aliphatic rings. The van der Waals surface area contributed by atoms with E-state index in [0.717, 1.165) is 13.1 Å². The molecule has 2 atom stereocenters. The molecular weight excluding hydrogens is 292 g/mol. The number of hydrogen-bond donors (Lipinski definition) is 1. The Hall–Kier alpha value is -1.95. The van der Waals surface area contributed by atoms with Gasteiger partial charge in [0.15, 0.2) is 0 Å². The van der Waals surface area contributed by atoms with E-state index in [2.05, 4.69) is 29.0 Å². The fraction of sp³-hybridized carbons (Fsp3) is 0.588. The average molecular weight is 316 g/mol. The minimum Gasteiger partial charge on any atom is -0.342 e. The molecule has 3 rings (SSSR count). The second-order valence-corrected chi connectivity index (χ2v) is 6.83. The fourth-order valence-electron chi connectivity index (χ4n) is 3.38. The molecule has 1 aromatic heterocycles. The third kappa shape index (κ3) is 3.52. The number of hydrogen-bond acceptors (Lipinski definition) is 4. The van der Waals surface area contributed by atoms with Gasteiger partial charge in [0.25, 0.3) is 0 Å². The summed E-state index contributed by atoms with van der Waals surface area (Å²) in [5, 5.41) is 2.91. The number of nitrogens with zero attached hydrogens (tertiary/aromatic N) is 3. The third-order valence-corrected chi connectivity index (χ3v) is 4.53. The second kappa shape index (κ2) is 6.66. The molecule has 0 aliphatic carbocycles. The Morgan fingerprint density at radius 3 is 2.70 bits per heavy atom. The van der Waals surface area contributed by atoms with Crippen LogP contribution in [0.5, 0.6) is 0 Å². The zero-order valence-corrected chi connectivity index (χ0v) is 13.7. The molecule has 0 bridgehead atoms. The Kier molecular flexibility index (Phi) is 4.61. The van der Waals surface area contributed by atoms with Crippen LogP contribution >= 0.6 is 0 Å². The number of piperazine rings is 2. The molecule has 23 heavy (non-hydrogen) atoms. The molecule has 6 nitrogen and oxygen atoms in total. The van der Waals surface area contributed by atoms with Gasteiger partial charge in [-0.15, -0.1) is 0 Å². The Morgan fingerprint density at radius 1 is 1.26 bits per heavy atom. The lowest BCUT2D eigenvalue weighted by Gasteiger charge is -2.45. The van der Waals surface area contributed by atoms with Crippen LogP contribution in [0.3, 0.4) is 0 Å². The van der Waals surface area contributed by atoms with E-state index < -0.39 is 0 Å². The van der Waals surface area contributed by atoms with Crippen LogP contribution in [0.15, 0.2) is 24.5 Å². The molecule has 3 heterocycles. The van der Waals surface area contributed by atoms with Crippen LogP contribution < -0.4 is 5.32 Å². The van der Waals surface area contributed by atoms with Crippen molar-refractivity contribution in [3.8, 4) is 0 Å². The molecule has 2 saturated heterocycles. The molecule has 2 aliphatic heterocycles. The van der Waals surface area contributed by atoms with Crippen molar-refractivity contribution in [2.45, 2.75) is 38.9 Å². The first-order chi connectivity index (χ1) is 11.0. The zero-order chi connectivity index (χ0) is 16.4. The van der Waals surface area contributed by atoms with E-state index in [0.29, 0.717) is 25.4 Å². The number of pyridine rings is 1. The summed E-state index contributed by atoms with van der Waals surface area (Å²) in [7, 11) is 0. The van der Waals surface area contributed by atoms with Crippen molar-refractivity contribution >= 4 is 11.8 Å². The molecule has 1 N–H and O–H groups in total. The summed E-state index contributed by atoms with van der Waals surface area (Å²) in [6, 6.07) is 3.25. The fourth-order valence-corrected chi connectivity index (χ4v) is 3.38. The van der Waals surface area contributed by atoms with Crippen molar-refractivity contribution in [2.75, 3.05) is 19.6 Å². The molecule has 0 unspecified atom stereocenters. The van der Waals surface area contributed by atoms with E-state index in [1.54, 1.807) is 17.3 Å². The number of carbonyl (C=O) groups excluding carboxylic acids is 2. The minimum absolute atomic E-state index is 0.0188. The highest BCUT2D eigenvalue weighted by atomic mass is 16.2. The monoisotopic (exact) mass is 316 g/mol. The van der Waals surface area contributed by atoms with Crippen molar-refractivity contribution in [2.24, 2.45) is 5.92 Å². The summed E-state index contributed by atoms with van der Waals surface area (Å²) in [4.78, 5) is 33.0. The summed E-state index contributed by atoms with van der Waals surface area (Å²) in [5.74, 6) is 0.440. The van der Waals surface area contributed by atoms with Crippen LogP contribution in [0.4, 0.5) is 0 Å². The maximum absolute atomic E-state index is 12.6. The lowest BCUT2D eigenvalue weighted by atomic mass is 9.97. The molecule has 0 spiro atoms. The molecule has 0 saturated carbocycles. The smallest absolute Gasteiger partial charge is 0.245 e. The van der Waals surface area contributed by atoms with Crippen LogP contribution in [0, 0.1) is 5.92 Å². The standard InChI is InChI=1S/C17H24N4O2/c1-12(2)9-14-17(23)21-8-7-20(11-15(21)16(22)19-14)10-13-3-5-18-6-4-13/h3-6,12,14-15H,7-11H2,1-2H3,(H,19,22)/t14-,15-/m1/s1. The Bertz CT molecular complexity index is 575. The predicted molar refractivity (Wildman–Crippen MR) is 86.4 cm³/mol. The van der Waals surface area contributed by atoms with Crippen molar-refractivity contribution < 1.29 is 9.59 Å². The normalized spacial score (nSPS) is 25.4. The highest BCUT2D eigenvalue weighted by molar-refractivity contribution is 5.97. The van der Waals surface area contributed by atoms with Crippen molar-refractivity contribution in [1.82, 2.24) is 20.1 Å². The number of nitrogens with one attached hydrogen (secondary N) is 1.